The first kappa shape index (κ1) is 18.8. The van der Waals surface area contributed by atoms with Crippen molar-refractivity contribution >= 4 is 17.7 Å². The first-order valence-electron chi connectivity index (χ1n) is 7.16. The molecule has 23 heavy (non-hydrogen) atoms. The summed E-state index contributed by atoms with van der Waals surface area (Å²) < 4.78 is 42.1. The number of alkyl halides is 3. The highest BCUT2D eigenvalue weighted by molar-refractivity contribution is 5.92. The van der Waals surface area contributed by atoms with Crippen LogP contribution in [-0.2, 0) is 15.7 Å². The predicted octanol–water partition coefficient (Wildman–Crippen LogP) is 3.56. The summed E-state index contributed by atoms with van der Waals surface area (Å²) in [6.07, 6.45) is -4.66. The van der Waals surface area contributed by atoms with E-state index >= 15 is 0 Å². The summed E-state index contributed by atoms with van der Waals surface area (Å²) in [4.78, 5) is 22.8. The Kier molecular flexibility index (Phi) is 6.87. The van der Waals surface area contributed by atoms with E-state index in [1.165, 1.54) is 12.1 Å². The first-order valence-corrected chi connectivity index (χ1v) is 7.16. The Hall–Kier alpha value is -2.25. The van der Waals surface area contributed by atoms with Gasteiger partial charge in [-0.1, -0.05) is 6.92 Å². The van der Waals surface area contributed by atoms with Crippen molar-refractivity contribution in [2.24, 2.45) is 0 Å². The molecule has 1 atom stereocenters. The van der Waals surface area contributed by atoms with E-state index in [0.29, 0.717) is 12.1 Å². The number of anilines is 1. The molecule has 2 amide bonds. The highest BCUT2D eigenvalue weighted by Gasteiger charge is 2.30. The molecule has 5 nitrogen and oxygen atoms in total. The van der Waals surface area contributed by atoms with Crippen molar-refractivity contribution in [1.29, 1.82) is 0 Å². The average molecular weight is 332 g/mol. The highest BCUT2D eigenvalue weighted by Crippen LogP contribution is 2.30. The molecule has 0 saturated heterocycles. The van der Waals surface area contributed by atoms with E-state index < -0.39 is 23.7 Å². The fraction of sp³-hybridized carbons (Fsp3) is 0.467. The molecule has 0 fully saturated rings. The molecule has 0 aliphatic rings. The van der Waals surface area contributed by atoms with Crippen molar-refractivity contribution in [2.75, 3.05) is 11.9 Å². The number of hydrogen-bond acceptors (Lipinski definition) is 4. The lowest BCUT2D eigenvalue weighted by atomic mass is 10.1. The Morgan fingerprint density at radius 1 is 1.17 bits per heavy atom. The van der Waals surface area contributed by atoms with Crippen LogP contribution in [-0.4, -0.2) is 24.6 Å². The summed E-state index contributed by atoms with van der Waals surface area (Å²) in [6.45, 7) is 3.59. The number of halogens is 3. The quantitative estimate of drug-likeness (QED) is 0.836. The summed E-state index contributed by atoms with van der Waals surface area (Å²) in [5.41, 5.74) is -0.273. The lowest BCUT2D eigenvalue weighted by molar-refractivity contribution is -0.137. The molecule has 1 aromatic carbocycles. The zero-order chi connectivity index (χ0) is 17.5. The SMILES string of the molecule is CCOC(=O)NC(=O)C[C@@H](CC)Nc1ccc(C(F)(F)F)cc1. The molecule has 0 aromatic heterocycles. The van der Waals surface area contributed by atoms with Crippen molar-refractivity contribution < 1.29 is 27.5 Å². The van der Waals surface area contributed by atoms with Crippen molar-refractivity contribution in [1.82, 2.24) is 5.32 Å². The zero-order valence-electron chi connectivity index (χ0n) is 12.9. The van der Waals surface area contributed by atoms with Crippen LogP contribution in [0.1, 0.15) is 32.3 Å². The van der Waals surface area contributed by atoms with Crippen LogP contribution < -0.4 is 10.6 Å². The molecule has 0 aliphatic carbocycles. The smallest absolute Gasteiger partial charge is 0.416 e. The molecular formula is C15H19F3N2O3. The normalized spacial score (nSPS) is 12.4. The van der Waals surface area contributed by atoms with E-state index in [0.717, 1.165) is 12.1 Å². The molecule has 2 N–H and O–H groups in total. The predicted molar refractivity (Wildman–Crippen MR) is 78.9 cm³/mol. The minimum atomic E-state index is -4.39. The summed E-state index contributed by atoms with van der Waals surface area (Å²) in [5.74, 6) is -0.519. The van der Waals surface area contributed by atoms with E-state index in [2.05, 4.69) is 15.4 Å². The van der Waals surface area contributed by atoms with Gasteiger partial charge in [0.05, 0.1) is 12.2 Å². The molecule has 0 saturated carbocycles. The van der Waals surface area contributed by atoms with Crippen LogP contribution in [0.15, 0.2) is 24.3 Å². The largest absolute Gasteiger partial charge is 0.450 e. The van der Waals surface area contributed by atoms with E-state index in [9.17, 15) is 22.8 Å². The third-order valence-corrected chi connectivity index (χ3v) is 3.02. The summed E-state index contributed by atoms with van der Waals surface area (Å²) in [5, 5.41) is 5.03. The molecule has 0 heterocycles. The lowest BCUT2D eigenvalue weighted by Crippen LogP contribution is -2.35. The first-order chi connectivity index (χ1) is 10.8. The topological polar surface area (TPSA) is 67.4 Å². The van der Waals surface area contributed by atoms with E-state index in [1.807, 2.05) is 6.92 Å². The Bertz CT molecular complexity index is 530. The Balaban J connectivity index is 2.59. The number of imide groups is 1. The number of amides is 2. The monoisotopic (exact) mass is 332 g/mol. The third kappa shape index (κ3) is 6.58. The van der Waals surface area contributed by atoms with Crippen LogP contribution in [0.3, 0.4) is 0 Å². The van der Waals surface area contributed by atoms with E-state index in [4.69, 9.17) is 0 Å². The standard InChI is InChI=1S/C15H19F3N2O3/c1-3-11(9-13(21)20-14(22)23-4-2)19-12-7-5-10(6-8-12)15(16,17)18/h5-8,11,19H,3-4,9H2,1-2H3,(H,20,21,22)/t11-/m1/s1. The number of rotatable bonds is 6. The highest BCUT2D eigenvalue weighted by atomic mass is 19.4. The number of ether oxygens (including phenoxy) is 1. The zero-order valence-corrected chi connectivity index (χ0v) is 12.9. The van der Waals surface area contributed by atoms with Gasteiger partial charge in [0, 0.05) is 18.2 Å². The second-order valence-corrected chi connectivity index (χ2v) is 4.80. The van der Waals surface area contributed by atoms with Gasteiger partial charge in [-0.2, -0.15) is 13.2 Å². The van der Waals surface area contributed by atoms with Crippen molar-refractivity contribution in [2.45, 2.75) is 38.9 Å². The minimum Gasteiger partial charge on any atom is -0.450 e. The average Bonchev–Trinajstić information content (AvgIpc) is 2.46. The van der Waals surface area contributed by atoms with Gasteiger partial charge >= 0.3 is 12.3 Å². The van der Waals surface area contributed by atoms with E-state index in [-0.39, 0.29) is 19.1 Å². The maximum atomic E-state index is 12.5. The number of carbonyl (C=O) groups excluding carboxylic acids is 2. The molecule has 0 bridgehead atoms. The van der Waals surface area contributed by atoms with Gasteiger partial charge in [-0.25, -0.2) is 4.79 Å². The number of carbonyl (C=O) groups is 2. The Morgan fingerprint density at radius 2 is 1.78 bits per heavy atom. The third-order valence-electron chi connectivity index (χ3n) is 3.02. The molecule has 0 unspecified atom stereocenters. The second kappa shape index (κ2) is 8.40. The number of hydrogen-bond donors (Lipinski definition) is 2. The van der Waals surface area contributed by atoms with Crippen LogP contribution >= 0.6 is 0 Å². The molecular weight excluding hydrogens is 313 g/mol. The fourth-order valence-corrected chi connectivity index (χ4v) is 1.84. The van der Waals surface area contributed by atoms with Crippen molar-refractivity contribution in [3.63, 3.8) is 0 Å². The van der Waals surface area contributed by atoms with Gasteiger partial charge in [-0.05, 0) is 37.6 Å². The Labute approximate surface area is 132 Å². The maximum Gasteiger partial charge on any atom is 0.416 e. The molecule has 0 aliphatic heterocycles. The van der Waals surface area contributed by atoms with Crippen molar-refractivity contribution in [3.8, 4) is 0 Å². The van der Waals surface area contributed by atoms with Gasteiger partial charge in [0.15, 0.2) is 0 Å². The fourth-order valence-electron chi connectivity index (χ4n) is 1.84. The molecule has 128 valence electrons. The molecule has 1 aromatic rings. The van der Waals surface area contributed by atoms with Crippen LogP contribution in [0, 0.1) is 0 Å². The number of benzene rings is 1. The maximum absolute atomic E-state index is 12.5. The van der Waals surface area contributed by atoms with Gasteiger partial charge in [0.2, 0.25) is 5.91 Å². The van der Waals surface area contributed by atoms with Gasteiger partial charge in [0.25, 0.3) is 0 Å². The van der Waals surface area contributed by atoms with Crippen LogP contribution in [0.2, 0.25) is 0 Å². The van der Waals surface area contributed by atoms with Gasteiger partial charge in [-0.15, -0.1) is 0 Å². The summed E-state index contributed by atoms with van der Waals surface area (Å²) >= 11 is 0. The number of nitrogens with one attached hydrogen (secondary N) is 2. The van der Waals surface area contributed by atoms with Gasteiger partial charge < -0.3 is 10.1 Å². The van der Waals surface area contributed by atoms with Gasteiger partial charge in [0.1, 0.15) is 0 Å². The molecule has 0 spiro atoms. The minimum absolute atomic E-state index is 0.00363. The summed E-state index contributed by atoms with van der Waals surface area (Å²) in [6, 6.07) is 4.21. The summed E-state index contributed by atoms with van der Waals surface area (Å²) in [7, 11) is 0. The molecule has 0 radical (unpaired) electrons. The number of alkyl carbamates (subject to hydrolysis) is 1. The van der Waals surface area contributed by atoms with Crippen LogP contribution in [0.4, 0.5) is 23.7 Å². The second-order valence-electron chi connectivity index (χ2n) is 4.80. The van der Waals surface area contributed by atoms with Crippen molar-refractivity contribution in [3.05, 3.63) is 29.8 Å². The lowest BCUT2D eigenvalue weighted by Gasteiger charge is -2.18. The van der Waals surface area contributed by atoms with Crippen LogP contribution in [0.5, 0.6) is 0 Å². The molecule has 8 heteroatoms. The Morgan fingerprint density at radius 3 is 2.26 bits per heavy atom. The van der Waals surface area contributed by atoms with E-state index in [1.54, 1.807) is 6.92 Å². The van der Waals surface area contributed by atoms with Crippen LogP contribution in [0.25, 0.3) is 0 Å². The molecule has 1 rings (SSSR count). The van der Waals surface area contributed by atoms with Gasteiger partial charge in [-0.3, -0.25) is 10.1 Å².